The van der Waals surface area contributed by atoms with E-state index in [-0.39, 0.29) is 6.42 Å². The highest BCUT2D eigenvalue weighted by atomic mass is 16.4. The van der Waals surface area contributed by atoms with E-state index in [1.165, 1.54) is 6.92 Å². The number of carboxylic acids is 2. The summed E-state index contributed by atoms with van der Waals surface area (Å²) in [6.45, 7) is 1.22. The van der Waals surface area contributed by atoms with Gasteiger partial charge in [0.05, 0.1) is 18.6 Å². The quantitative estimate of drug-likeness (QED) is 0.282. The highest BCUT2D eigenvalue weighted by molar-refractivity contribution is 5.93. The summed E-state index contributed by atoms with van der Waals surface area (Å²) in [6.07, 6.45) is -2.02. The molecule has 0 heterocycles. The van der Waals surface area contributed by atoms with Crippen LogP contribution in [0, 0.1) is 0 Å². The first-order valence-electron chi connectivity index (χ1n) is 8.14. The molecule has 0 bridgehead atoms. The van der Waals surface area contributed by atoms with E-state index < -0.39 is 54.4 Å². The van der Waals surface area contributed by atoms with Gasteiger partial charge in [-0.05, 0) is 18.9 Å². The smallest absolute Gasteiger partial charge is 0.326 e. The van der Waals surface area contributed by atoms with Gasteiger partial charge >= 0.3 is 11.9 Å². The highest BCUT2D eigenvalue weighted by Gasteiger charge is 2.31. The molecule has 2 amide bonds. The molecular weight excluding hydrogens is 358 g/mol. The minimum absolute atomic E-state index is 0.192. The summed E-state index contributed by atoms with van der Waals surface area (Å²) in [6, 6.07) is 4.71. The average Bonchev–Trinajstić information content (AvgIpc) is 2.58. The molecule has 0 radical (unpaired) electrons. The number of carboxylic acid groups (broad SMARTS) is 2. The highest BCUT2D eigenvalue weighted by Crippen LogP contribution is 2.04. The molecule has 10 nitrogen and oxygen atoms in total. The number of carbonyl (C=O) groups is 4. The number of nitrogens with one attached hydrogen (secondary N) is 2. The third-order valence-electron chi connectivity index (χ3n) is 3.69. The zero-order valence-electron chi connectivity index (χ0n) is 14.7. The third kappa shape index (κ3) is 7.42. The summed E-state index contributed by atoms with van der Waals surface area (Å²) in [5.74, 6) is -4.73. The minimum Gasteiger partial charge on any atom is -0.481 e. The number of rotatable bonds is 10. The molecule has 0 fully saturated rings. The van der Waals surface area contributed by atoms with Crippen molar-refractivity contribution in [2.24, 2.45) is 5.73 Å². The molecule has 1 aromatic carbocycles. The predicted octanol–water partition coefficient (Wildman–Crippen LogP) is -1.53. The van der Waals surface area contributed by atoms with Crippen molar-refractivity contribution in [3.05, 3.63) is 35.9 Å². The lowest BCUT2D eigenvalue weighted by Gasteiger charge is -2.24. The number of hydrogen-bond acceptors (Lipinski definition) is 6. The Balaban J connectivity index is 2.76. The van der Waals surface area contributed by atoms with E-state index in [1.54, 1.807) is 30.3 Å². The van der Waals surface area contributed by atoms with Gasteiger partial charge in [-0.15, -0.1) is 0 Å². The number of aliphatic carboxylic acids is 2. The van der Waals surface area contributed by atoms with Gasteiger partial charge in [-0.3, -0.25) is 14.4 Å². The fourth-order valence-corrected chi connectivity index (χ4v) is 2.26. The summed E-state index contributed by atoms with van der Waals surface area (Å²) in [7, 11) is 0. The lowest BCUT2D eigenvalue weighted by atomic mass is 10.0. The van der Waals surface area contributed by atoms with Gasteiger partial charge in [0.15, 0.2) is 0 Å². The molecule has 10 heteroatoms. The summed E-state index contributed by atoms with van der Waals surface area (Å²) in [4.78, 5) is 46.2. The van der Waals surface area contributed by atoms with Crippen molar-refractivity contribution in [1.29, 1.82) is 0 Å². The van der Waals surface area contributed by atoms with Crippen molar-refractivity contribution >= 4 is 23.8 Å². The lowest BCUT2D eigenvalue weighted by Crippen LogP contribution is -2.58. The van der Waals surface area contributed by atoms with Crippen LogP contribution in [0.5, 0.6) is 0 Å². The fraction of sp³-hybridized carbons (Fsp3) is 0.412. The van der Waals surface area contributed by atoms with E-state index in [2.05, 4.69) is 5.32 Å². The Bertz CT molecular complexity index is 678. The zero-order valence-corrected chi connectivity index (χ0v) is 14.7. The Kier molecular flexibility index (Phi) is 8.36. The first kappa shape index (κ1) is 22.1. The number of benzene rings is 1. The maximum atomic E-state index is 12.2. The minimum atomic E-state index is -1.70. The predicted molar refractivity (Wildman–Crippen MR) is 93.6 cm³/mol. The third-order valence-corrected chi connectivity index (χ3v) is 3.69. The maximum absolute atomic E-state index is 12.2. The Morgan fingerprint density at radius 3 is 2.11 bits per heavy atom. The summed E-state index contributed by atoms with van der Waals surface area (Å²) in [5, 5.41) is 31.7. The molecule has 4 atom stereocenters. The molecule has 0 saturated heterocycles. The van der Waals surface area contributed by atoms with Crippen LogP contribution in [0.3, 0.4) is 0 Å². The molecule has 1 aromatic rings. The van der Waals surface area contributed by atoms with Gasteiger partial charge in [0.1, 0.15) is 12.1 Å². The number of hydrogen-bond donors (Lipinski definition) is 6. The SMILES string of the molecule is C[C@@H](O)[C@H](NC(=O)[C@@H](N)Cc1ccccc1)C(=O)N[C@@H](CC(=O)O)C(=O)O. The summed E-state index contributed by atoms with van der Waals surface area (Å²) < 4.78 is 0. The van der Waals surface area contributed by atoms with Crippen molar-refractivity contribution in [2.75, 3.05) is 0 Å². The molecule has 0 aliphatic carbocycles. The Morgan fingerprint density at radius 2 is 1.63 bits per heavy atom. The van der Waals surface area contributed by atoms with Crippen LogP contribution in [0.4, 0.5) is 0 Å². The van der Waals surface area contributed by atoms with Crippen molar-refractivity contribution in [2.45, 2.75) is 44.0 Å². The molecule has 0 saturated carbocycles. The largest absolute Gasteiger partial charge is 0.481 e. The Hall–Kier alpha value is -2.98. The summed E-state index contributed by atoms with van der Waals surface area (Å²) >= 11 is 0. The average molecular weight is 381 g/mol. The normalized spacial score (nSPS) is 15.1. The molecule has 27 heavy (non-hydrogen) atoms. The van der Waals surface area contributed by atoms with Crippen LogP contribution in [0.15, 0.2) is 30.3 Å². The number of amides is 2. The van der Waals surface area contributed by atoms with Crippen LogP contribution in [0.2, 0.25) is 0 Å². The first-order valence-corrected chi connectivity index (χ1v) is 8.14. The van der Waals surface area contributed by atoms with E-state index in [0.29, 0.717) is 0 Å². The molecule has 0 unspecified atom stereocenters. The lowest BCUT2D eigenvalue weighted by molar-refractivity contribution is -0.147. The van der Waals surface area contributed by atoms with Gasteiger partial charge in [-0.2, -0.15) is 0 Å². The fourth-order valence-electron chi connectivity index (χ4n) is 2.26. The van der Waals surface area contributed by atoms with E-state index in [0.717, 1.165) is 5.56 Å². The van der Waals surface area contributed by atoms with Crippen LogP contribution in [0.1, 0.15) is 18.9 Å². The van der Waals surface area contributed by atoms with Crippen LogP contribution in [0.25, 0.3) is 0 Å². The van der Waals surface area contributed by atoms with E-state index in [4.69, 9.17) is 15.9 Å². The zero-order chi connectivity index (χ0) is 20.6. The van der Waals surface area contributed by atoms with Gasteiger partial charge in [0.25, 0.3) is 0 Å². The van der Waals surface area contributed by atoms with Crippen LogP contribution in [-0.2, 0) is 25.6 Å². The standard InChI is InChI=1S/C17H23N3O7/c1-9(21)14(16(25)19-12(17(26)27)8-13(22)23)20-15(24)11(18)7-10-5-3-2-4-6-10/h2-6,9,11-12,14,21H,7-8,18H2,1H3,(H,19,25)(H,20,24)(H,22,23)(H,26,27)/t9-,11+,12+,14+/m1/s1. The number of aliphatic hydroxyl groups is 1. The Morgan fingerprint density at radius 1 is 1.04 bits per heavy atom. The van der Waals surface area contributed by atoms with Crippen molar-refractivity contribution < 1.29 is 34.5 Å². The number of aliphatic hydroxyl groups excluding tert-OH is 1. The number of nitrogens with two attached hydrogens (primary N) is 1. The summed E-state index contributed by atoms with van der Waals surface area (Å²) in [5.41, 5.74) is 6.61. The van der Waals surface area contributed by atoms with Crippen LogP contribution >= 0.6 is 0 Å². The Labute approximate surface area is 155 Å². The molecule has 0 aliphatic heterocycles. The van der Waals surface area contributed by atoms with Crippen molar-refractivity contribution in [3.8, 4) is 0 Å². The topological polar surface area (TPSA) is 179 Å². The van der Waals surface area contributed by atoms with E-state index >= 15 is 0 Å². The molecule has 148 valence electrons. The molecule has 7 N–H and O–H groups in total. The second-order valence-electron chi connectivity index (χ2n) is 6.02. The second-order valence-corrected chi connectivity index (χ2v) is 6.02. The van der Waals surface area contributed by atoms with Crippen LogP contribution < -0.4 is 16.4 Å². The monoisotopic (exact) mass is 381 g/mol. The second kappa shape index (κ2) is 10.2. The maximum Gasteiger partial charge on any atom is 0.326 e. The molecule has 0 spiro atoms. The van der Waals surface area contributed by atoms with E-state index in [1.807, 2.05) is 5.32 Å². The molecule has 0 aromatic heterocycles. The van der Waals surface area contributed by atoms with Gasteiger partial charge in [0.2, 0.25) is 11.8 Å². The van der Waals surface area contributed by atoms with Crippen molar-refractivity contribution in [3.63, 3.8) is 0 Å². The molecular formula is C17H23N3O7. The van der Waals surface area contributed by atoms with Gasteiger partial charge < -0.3 is 31.7 Å². The van der Waals surface area contributed by atoms with Gasteiger partial charge in [-0.1, -0.05) is 30.3 Å². The molecule has 1 rings (SSSR count). The van der Waals surface area contributed by atoms with Crippen LogP contribution in [-0.4, -0.2) is 63.3 Å². The van der Waals surface area contributed by atoms with Crippen molar-refractivity contribution in [1.82, 2.24) is 10.6 Å². The van der Waals surface area contributed by atoms with E-state index in [9.17, 15) is 24.3 Å². The first-order chi connectivity index (χ1) is 12.6. The number of carbonyl (C=O) groups excluding carboxylic acids is 2. The van der Waals surface area contributed by atoms with Gasteiger partial charge in [0, 0.05) is 0 Å². The van der Waals surface area contributed by atoms with Gasteiger partial charge in [-0.25, -0.2) is 4.79 Å². The molecule has 0 aliphatic rings.